The van der Waals surface area contributed by atoms with Crippen LogP contribution in [0.25, 0.3) is 11.4 Å². The molecule has 1 aromatic carbocycles. The monoisotopic (exact) mass is 329 g/mol. The molecule has 128 valence electrons. The van der Waals surface area contributed by atoms with Crippen molar-refractivity contribution in [3.8, 4) is 11.4 Å². The molecule has 2 aromatic rings. The molecule has 0 bridgehead atoms. The van der Waals surface area contributed by atoms with Crippen molar-refractivity contribution >= 4 is 5.91 Å². The third-order valence-electron chi connectivity index (χ3n) is 4.08. The van der Waals surface area contributed by atoms with Crippen LogP contribution in [0.1, 0.15) is 55.8 Å². The summed E-state index contributed by atoms with van der Waals surface area (Å²) in [4.78, 5) is 18.9. The average Bonchev–Trinajstić information content (AvgIpc) is 3.29. The molecule has 1 fully saturated rings. The molecule has 6 nitrogen and oxygen atoms in total. The molecule has 1 amide bonds. The number of aliphatic hydroxyl groups excluding tert-OH is 1. The second-order valence-corrected chi connectivity index (χ2v) is 6.71. The van der Waals surface area contributed by atoms with E-state index in [0.29, 0.717) is 29.7 Å². The molecule has 1 aliphatic carbocycles. The summed E-state index contributed by atoms with van der Waals surface area (Å²) in [5.74, 6) is 1.48. The van der Waals surface area contributed by atoms with Crippen LogP contribution in [0.4, 0.5) is 0 Å². The molecule has 0 spiro atoms. The fraction of sp³-hybridized carbons (Fsp3) is 0.500. The molecule has 0 aliphatic heterocycles. The summed E-state index contributed by atoms with van der Waals surface area (Å²) in [7, 11) is 0. The van der Waals surface area contributed by atoms with Gasteiger partial charge in [-0.1, -0.05) is 17.3 Å². The first-order valence-corrected chi connectivity index (χ1v) is 8.38. The van der Waals surface area contributed by atoms with Gasteiger partial charge in [0.15, 0.2) is 0 Å². The highest BCUT2D eigenvalue weighted by atomic mass is 16.5. The molecule has 0 radical (unpaired) electrons. The summed E-state index contributed by atoms with van der Waals surface area (Å²) in [5.41, 5.74) is 1.32. The first-order chi connectivity index (χ1) is 11.5. The number of aliphatic hydroxyl groups is 1. The maximum atomic E-state index is 12.8. The highest BCUT2D eigenvalue weighted by Crippen LogP contribution is 2.39. The molecule has 1 unspecified atom stereocenters. The smallest absolute Gasteiger partial charge is 0.254 e. The van der Waals surface area contributed by atoms with Crippen molar-refractivity contribution < 1.29 is 14.4 Å². The molecule has 1 atom stereocenters. The van der Waals surface area contributed by atoms with Gasteiger partial charge in [-0.25, -0.2) is 0 Å². The topological polar surface area (TPSA) is 79.5 Å². The van der Waals surface area contributed by atoms with Gasteiger partial charge >= 0.3 is 0 Å². The van der Waals surface area contributed by atoms with Gasteiger partial charge in [0.1, 0.15) is 0 Å². The Hall–Kier alpha value is -2.21. The zero-order valence-corrected chi connectivity index (χ0v) is 14.3. The zero-order chi connectivity index (χ0) is 17.3. The summed E-state index contributed by atoms with van der Waals surface area (Å²) in [5, 5.41) is 13.7. The fourth-order valence-electron chi connectivity index (χ4n) is 2.62. The SMILES string of the molecule is CC(O)CN(C(=O)c1cccc(-c2noc(C3CC3)n2)c1)C(C)C. The Balaban J connectivity index is 1.84. The summed E-state index contributed by atoms with van der Waals surface area (Å²) in [6.45, 7) is 5.85. The Morgan fingerprint density at radius 2 is 2.12 bits per heavy atom. The number of hydrogen-bond donors (Lipinski definition) is 1. The average molecular weight is 329 g/mol. The van der Waals surface area contributed by atoms with Crippen molar-refractivity contribution in [1.29, 1.82) is 0 Å². The molecule has 1 N–H and O–H groups in total. The summed E-state index contributed by atoms with van der Waals surface area (Å²) in [6.07, 6.45) is 1.63. The Kier molecular flexibility index (Phi) is 4.66. The van der Waals surface area contributed by atoms with Gasteiger partial charge < -0.3 is 14.5 Å². The molecule has 1 heterocycles. The number of hydrogen-bond acceptors (Lipinski definition) is 5. The van der Waals surface area contributed by atoms with Crippen molar-refractivity contribution in [2.24, 2.45) is 0 Å². The van der Waals surface area contributed by atoms with E-state index in [1.165, 1.54) is 0 Å². The largest absolute Gasteiger partial charge is 0.392 e. The summed E-state index contributed by atoms with van der Waals surface area (Å²) in [6, 6.07) is 7.23. The number of aromatic nitrogens is 2. The highest BCUT2D eigenvalue weighted by Gasteiger charge is 2.30. The molecule has 24 heavy (non-hydrogen) atoms. The van der Waals surface area contributed by atoms with Gasteiger partial charge in [-0.15, -0.1) is 0 Å². The Morgan fingerprint density at radius 1 is 1.38 bits per heavy atom. The quantitative estimate of drug-likeness (QED) is 0.881. The number of carbonyl (C=O) groups is 1. The highest BCUT2D eigenvalue weighted by molar-refractivity contribution is 5.95. The van der Waals surface area contributed by atoms with E-state index in [2.05, 4.69) is 10.1 Å². The lowest BCUT2D eigenvalue weighted by atomic mass is 10.1. The maximum absolute atomic E-state index is 12.8. The molecule has 3 rings (SSSR count). The van der Waals surface area contributed by atoms with Gasteiger partial charge in [0.05, 0.1) is 6.10 Å². The number of nitrogens with zero attached hydrogens (tertiary/aromatic N) is 3. The van der Waals surface area contributed by atoms with E-state index < -0.39 is 6.10 Å². The van der Waals surface area contributed by atoms with Crippen molar-refractivity contribution in [1.82, 2.24) is 15.0 Å². The third kappa shape index (κ3) is 3.64. The minimum Gasteiger partial charge on any atom is -0.392 e. The van der Waals surface area contributed by atoms with Gasteiger partial charge in [0.2, 0.25) is 11.7 Å². The van der Waals surface area contributed by atoms with Crippen LogP contribution in [0.15, 0.2) is 28.8 Å². The number of carbonyl (C=O) groups excluding carboxylic acids is 1. The molecular formula is C18H23N3O3. The minimum absolute atomic E-state index is 0.00222. The molecule has 6 heteroatoms. The first-order valence-electron chi connectivity index (χ1n) is 8.38. The molecule has 1 aromatic heterocycles. The Morgan fingerprint density at radius 3 is 2.75 bits per heavy atom. The lowest BCUT2D eigenvalue weighted by molar-refractivity contribution is 0.0579. The van der Waals surface area contributed by atoms with Gasteiger partial charge in [-0.2, -0.15) is 4.98 Å². The molecule has 0 saturated heterocycles. The van der Waals surface area contributed by atoms with Crippen LogP contribution in [0, 0.1) is 0 Å². The molecule has 1 aliphatic rings. The zero-order valence-electron chi connectivity index (χ0n) is 14.3. The van der Waals surface area contributed by atoms with Crippen molar-refractivity contribution in [3.63, 3.8) is 0 Å². The summed E-state index contributed by atoms with van der Waals surface area (Å²) < 4.78 is 5.29. The van der Waals surface area contributed by atoms with Crippen molar-refractivity contribution in [2.75, 3.05) is 6.54 Å². The van der Waals surface area contributed by atoms with Crippen LogP contribution in [0.2, 0.25) is 0 Å². The maximum Gasteiger partial charge on any atom is 0.254 e. The number of benzene rings is 1. The van der Waals surface area contributed by atoms with Crippen LogP contribution in [-0.4, -0.2) is 44.7 Å². The Labute approximate surface area is 141 Å². The lowest BCUT2D eigenvalue weighted by Crippen LogP contribution is -2.41. The third-order valence-corrected chi connectivity index (χ3v) is 4.08. The standard InChI is InChI=1S/C18H23N3O3/c1-11(2)21(10-12(3)22)18(23)15-6-4-5-14(9-15)16-19-17(24-20-16)13-7-8-13/h4-6,9,11-13,22H,7-8,10H2,1-3H3. The second-order valence-electron chi connectivity index (χ2n) is 6.71. The molecular weight excluding hydrogens is 306 g/mol. The van der Waals surface area contributed by atoms with Crippen LogP contribution >= 0.6 is 0 Å². The van der Waals surface area contributed by atoms with E-state index in [4.69, 9.17) is 4.52 Å². The van der Waals surface area contributed by atoms with Crippen LogP contribution in [-0.2, 0) is 0 Å². The van der Waals surface area contributed by atoms with E-state index in [1.807, 2.05) is 26.0 Å². The first kappa shape index (κ1) is 16.6. The van der Waals surface area contributed by atoms with E-state index in [-0.39, 0.29) is 11.9 Å². The van der Waals surface area contributed by atoms with E-state index >= 15 is 0 Å². The van der Waals surface area contributed by atoms with Crippen LogP contribution in [0.3, 0.4) is 0 Å². The van der Waals surface area contributed by atoms with Gasteiger partial charge in [-0.05, 0) is 45.7 Å². The van der Waals surface area contributed by atoms with Crippen LogP contribution in [0.5, 0.6) is 0 Å². The van der Waals surface area contributed by atoms with E-state index in [9.17, 15) is 9.90 Å². The minimum atomic E-state index is -0.571. The fourth-order valence-corrected chi connectivity index (χ4v) is 2.62. The van der Waals surface area contributed by atoms with Gasteiger partial charge in [0.25, 0.3) is 5.91 Å². The normalized spacial score (nSPS) is 15.5. The van der Waals surface area contributed by atoms with E-state index in [0.717, 1.165) is 18.4 Å². The van der Waals surface area contributed by atoms with E-state index in [1.54, 1.807) is 24.0 Å². The van der Waals surface area contributed by atoms with Gasteiger partial charge in [-0.3, -0.25) is 4.79 Å². The van der Waals surface area contributed by atoms with Crippen LogP contribution < -0.4 is 0 Å². The second kappa shape index (κ2) is 6.73. The number of rotatable bonds is 6. The van der Waals surface area contributed by atoms with Gasteiger partial charge in [0, 0.05) is 29.6 Å². The predicted octanol–water partition coefficient (Wildman–Crippen LogP) is 2.85. The summed E-state index contributed by atoms with van der Waals surface area (Å²) >= 11 is 0. The van der Waals surface area contributed by atoms with Crippen molar-refractivity contribution in [3.05, 3.63) is 35.7 Å². The lowest BCUT2D eigenvalue weighted by Gasteiger charge is -2.28. The Bertz CT molecular complexity index is 720. The van der Waals surface area contributed by atoms with Crippen molar-refractivity contribution in [2.45, 2.75) is 51.7 Å². The predicted molar refractivity (Wildman–Crippen MR) is 89.6 cm³/mol. The molecule has 1 saturated carbocycles. The number of amides is 1.